The Morgan fingerprint density at radius 3 is 1.91 bits per heavy atom. The fourth-order valence-corrected chi connectivity index (χ4v) is 0.919. The van der Waals surface area contributed by atoms with Crippen molar-refractivity contribution in [1.82, 2.24) is 0 Å². The molecule has 0 saturated carbocycles. The van der Waals surface area contributed by atoms with Crippen molar-refractivity contribution >= 4 is 36.7 Å². The number of aliphatic carboxylic acids is 1. The Bertz CT molecular complexity index is 205. The van der Waals surface area contributed by atoms with Crippen LogP contribution in [0.4, 0.5) is 0 Å². The van der Waals surface area contributed by atoms with E-state index in [0.29, 0.717) is 0 Å². The van der Waals surface area contributed by atoms with Gasteiger partial charge in [-0.15, -0.1) is 0 Å². The van der Waals surface area contributed by atoms with E-state index in [9.17, 15) is 0 Å². The minimum absolute atomic E-state index is 0.833. The molecule has 54 valence electrons. The third-order valence-electron chi connectivity index (χ3n) is 0.940. The zero-order valence-electron chi connectivity index (χ0n) is 6.74. The minimum atomic E-state index is -0.833. The van der Waals surface area contributed by atoms with Crippen LogP contribution < -0.4 is 2.81 Å². The van der Waals surface area contributed by atoms with Crippen molar-refractivity contribution in [3.8, 4) is 0 Å². The van der Waals surface area contributed by atoms with Crippen molar-refractivity contribution in [3.63, 3.8) is 0 Å². The Hall–Kier alpha value is -0.310. The maximum atomic E-state index is 9.00. The molecule has 1 aromatic rings. The van der Waals surface area contributed by atoms with Gasteiger partial charge in [0.1, 0.15) is 0 Å². The number of hydrogen-bond acceptors (Lipinski definition) is 1. The molecular formula is C8H9NaO2. The van der Waals surface area contributed by atoms with Crippen LogP contribution in [0.5, 0.6) is 0 Å². The van der Waals surface area contributed by atoms with Crippen LogP contribution in [0.2, 0.25) is 0 Å². The van der Waals surface area contributed by atoms with Crippen molar-refractivity contribution in [2.24, 2.45) is 0 Å². The first-order chi connectivity index (χ1) is 5.13. The molecule has 0 fully saturated rings. The fourth-order valence-electron chi connectivity index (χ4n) is 0.534. The van der Waals surface area contributed by atoms with Gasteiger partial charge in [0.05, 0.1) is 0 Å². The number of carboxylic acids is 1. The number of carboxylic acid groups (broad SMARTS) is 1. The molecule has 0 bridgehead atoms. The molecule has 0 saturated heterocycles. The average molecular weight is 160 g/mol. The van der Waals surface area contributed by atoms with E-state index in [1.165, 1.54) is 30.7 Å². The van der Waals surface area contributed by atoms with Crippen molar-refractivity contribution in [2.45, 2.75) is 6.92 Å². The van der Waals surface area contributed by atoms with Gasteiger partial charge >= 0.3 is 61.1 Å². The standard InChI is InChI=1S/C6H5.C2H4O2.Na/c1-2-4-6-5-3-1;1-2(3)4;/h1-5H;1H3,(H,3,4);. The van der Waals surface area contributed by atoms with E-state index in [1.54, 1.807) is 0 Å². The molecule has 0 amide bonds. The van der Waals surface area contributed by atoms with Crippen molar-refractivity contribution in [3.05, 3.63) is 30.3 Å². The van der Waals surface area contributed by atoms with Crippen LogP contribution in [0.25, 0.3) is 0 Å². The molecule has 11 heavy (non-hydrogen) atoms. The summed E-state index contributed by atoms with van der Waals surface area (Å²) in [6.07, 6.45) is 0. The summed E-state index contributed by atoms with van der Waals surface area (Å²) in [5.41, 5.74) is 0. The average Bonchev–Trinajstić information content (AvgIpc) is 1.87. The molecule has 0 radical (unpaired) electrons. The quantitative estimate of drug-likeness (QED) is 0.563. The molecule has 1 rings (SSSR count). The molecule has 0 aliphatic heterocycles. The number of benzene rings is 1. The first-order valence-corrected chi connectivity index (χ1v) is 4.34. The van der Waals surface area contributed by atoms with Gasteiger partial charge in [-0.25, -0.2) is 0 Å². The van der Waals surface area contributed by atoms with E-state index in [2.05, 4.69) is 24.3 Å². The molecule has 2 nitrogen and oxygen atoms in total. The number of rotatable bonds is 0. The number of carbonyl (C=O) groups is 1. The molecular weight excluding hydrogens is 151 g/mol. The van der Waals surface area contributed by atoms with Gasteiger partial charge in [0.25, 0.3) is 5.97 Å². The van der Waals surface area contributed by atoms with Crippen LogP contribution in [-0.2, 0) is 4.79 Å². The van der Waals surface area contributed by atoms with Crippen LogP contribution in [0.1, 0.15) is 6.92 Å². The summed E-state index contributed by atoms with van der Waals surface area (Å²) in [5, 5.41) is 7.42. The van der Waals surface area contributed by atoms with Crippen LogP contribution in [0.15, 0.2) is 30.3 Å². The SMILES string of the molecule is CC(=O)O.[Na][c]1ccccc1. The summed E-state index contributed by atoms with van der Waals surface area (Å²) in [7, 11) is 0. The first-order valence-electron chi connectivity index (χ1n) is 3.34. The summed E-state index contributed by atoms with van der Waals surface area (Å²) >= 11 is 1.17. The second kappa shape index (κ2) is 6.40. The zero-order valence-corrected chi connectivity index (χ0v) is 8.74. The summed E-state index contributed by atoms with van der Waals surface area (Å²) < 4.78 is 1.46. The van der Waals surface area contributed by atoms with E-state index in [0.717, 1.165) is 6.92 Å². The van der Waals surface area contributed by atoms with E-state index in [1.807, 2.05) is 6.07 Å². The summed E-state index contributed by atoms with van der Waals surface area (Å²) in [6.45, 7) is 1.08. The third kappa shape index (κ3) is 9.69. The second-order valence-corrected chi connectivity index (χ2v) is 3.33. The predicted octanol–water partition coefficient (Wildman–Crippen LogP) is 0.571. The molecule has 1 N–H and O–H groups in total. The molecule has 0 aliphatic carbocycles. The molecule has 0 atom stereocenters. The Morgan fingerprint density at radius 2 is 1.73 bits per heavy atom. The Kier molecular flexibility index (Phi) is 6.22. The van der Waals surface area contributed by atoms with Gasteiger partial charge in [0, 0.05) is 6.92 Å². The van der Waals surface area contributed by atoms with Gasteiger partial charge in [-0.1, -0.05) is 0 Å². The summed E-state index contributed by atoms with van der Waals surface area (Å²) in [4.78, 5) is 9.00. The van der Waals surface area contributed by atoms with Gasteiger partial charge in [0.2, 0.25) is 0 Å². The Labute approximate surface area is 83.7 Å². The van der Waals surface area contributed by atoms with E-state index < -0.39 is 5.97 Å². The van der Waals surface area contributed by atoms with Crippen LogP contribution in [-0.4, -0.2) is 39.0 Å². The molecule has 1 aromatic carbocycles. The summed E-state index contributed by atoms with van der Waals surface area (Å²) in [5.74, 6) is -0.833. The molecule has 0 aliphatic rings. The molecule has 3 heteroatoms. The molecule has 0 heterocycles. The molecule has 0 unspecified atom stereocenters. The van der Waals surface area contributed by atoms with E-state index in [4.69, 9.17) is 9.90 Å². The maximum absolute atomic E-state index is 9.00. The van der Waals surface area contributed by atoms with Crippen LogP contribution in [0.3, 0.4) is 0 Å². The van der Waals surface area contributed by atoms with Gasteiger partial charge in [-0.05, 0) is 0 Å². The van der Waals surface area contributed by atoms with Crippen molar-refractivity contribution in [1.29, 1.82) is 0 Å². The van der Waals surface area contributed by atoms with Crippen LogP contribution in [0, 0.1) is 0 Å². The van der Waals surface area contributed by atoms with Gasteiger partial charge < -0.3 is 5.11 Å². The van der Waals surface area contributed by atoms with E-state index in [-0.39, 0.29) is 0 Å². The summed E-state index contributed by atoms with van der Waals surface area (Å²) in [6, 6.07) is 10.5. The zero-order chi connectivity index (χ0) is 8.69. The van der Waals surface area contributed by atoms with Crippen molar-refractivity contribution in [2.75, 3.05) is 0 Å². The molecule has 0 spiro atoms. The fraction of sp³-hybridized carbons (Fsp3) is 0.125. The van der Waals surface area contributed by atoms with Crippen molar-refractivity contribution < 1.29 is 9.90 Å². The first kappa shape index (κ1) is 10.7. The normalized spacial score (nSPS) is 7.91. The third-order valence-corrected chi connectivity index (χ3v) is 1.61. The van der Waals surface area contributed by atoms with Gasteiger partial charge in [-0.2, -0.15) is 0 Å². The van der Waals surface area contributed by atoms with E-state index >= 15 is 0 Å². The predicted molar refractivity (Wildman–Crippen MR) is 45.1 cm³/mol. The van der Waals surface area contributed by atoms with Crippen LogP contribution >= 0.6 is 0 Å². The molecule has 0 aromatic heterocycles. The Morgan fingerprint density at radius 1 is 1.36 bits per heavy atom. The number of hydrogen-bond donors (Lipinski definition) is 1. The topological polar surface area (TPSA) is 37.3 Å². The Balaban J connectivity index is 0.000000218. The van der Waals surface area contributed by atoms with Gasteiger partial charge in [-0.3, -0.25) is 4.79 Å². The van der Waals surface area contributed by atoms with Gasteiger partial charge in [0.15, 0.2) is 0 Å². The monoisotopic (exact) mass is 160 g/mol. The second-order valence-electron chi connectivity index (χ2n) is 2.17.